The summed E-state index contributed by atoms with van der Waals surface area (Å²) in [4.78, 5) is 30.5. The molecule has 1 saturated heterocycles. The van der Waals surface area contributed by atoms with Crippen LogP contribution in [0.5, 0.6) is 0 Å². The maximum atomic E-state index is 14.4. The van der Waals surface area contributed by atoms with E-state index in [0.29, 0.717) is 5.56 Å². The van der Waals surface area contributed by atoms with Crippen LogP contribution >= 0.6 is 0 Å². The van der Waals surface area contributed by atoms with Crippen LogP contribution in [0.15, 0.2) is 71.5 Å². The molecular weight excluding hydrogens is 483 g/mol. The Labute approximate surface area is 224 Å². The number of hydrazine groups is 1. The van der Waals surface area contributed by atoms with Crippen LogP contribution < -0.4 is 10.4 Å². The number of anilines is 1. The molecule has 1 aliphatic rings. The summed E-state index contributed by atoms with van der Waals surface area (Å²) in [7, 11) is 0. The topological polar surface area (TPSA) is 69.0 Å². The van der Waals surface area contributed by atoms with Crippen LogP contribution in [0.4, 0.5) is 10.1 Å². The standard InChI is InChI=1S/C30H37FN4O3/c1-21(2)34(22(3)4)30(37)24-9-11-25(12-10-24)35(32-29(36)27-7-5-6-8-28(27)31)26-13-16-33(17-14-26)19-23-15-18-38-20-23/h5-12,15,18,20-22,26H,13-14,16-17,19H2,1-4H3,(H,32,36). The van der Waals surface area contributed by atoms with E-state index in [9.17, 15) is 14.0 Å². The second-order valence-electron chi connectivity index (χ2n) is 10.4. The summed E-state index contributed by atoms with van der Waals surface area (Å²) >= 11 is 0. The van der Waals surface area contributed by atoms with Crippen LogP contribution in [-0.2, 0) is 6.54 Å². The Balaban J connectivity index is 1.54. The Hall–Kier alpha value is -3.65. The lowest BCUT2D eigenvalue weighted by Crippen LogP contribution is -2.53. The zero-order valence-electron chi connectivity index (χ0n) is 22.6. The van der Waals surface area contributed by atoms with E-state index in [1.807, 2.05) is 55.8 Å². The van der Waals surface area contributed by atoms with Gasteiger partial charge in [0, 0.05) is 42.8 Å². The maximum absolute atomic E-state index is 14.4. The molecule has 0 unspecified atom stereocenters. The third-order valence-electron chi connectivity index (χ3n) is 6.99. The second-order valence-corrected chi connectivity index (χ2v) is 10.4. The van der Waals surface area contributed by atoms with Crippen LogP contribution in [0.25, 0.3) is 0 Å². The van der Waals surface area contributed by atoms with Crippen molar-refractivity contribution in [3.63, 3.8) is 0 Å². The first kappa shape index (κ1) is 27.4. The van der Waals surface area contributed by atoms with Gasteiger partial charge in [-0.2, -0.15) is 0 Å². The van der Waals surface area contributed by atoms with Gasteiger partial charge < -0.3 is 9.32 Å². The third kappa shape index (κ3) is 6.42. The SMILES string of the molecule is CC(C)N(C(=O)c1ccc(N(NC(=O)c2ccccc2F)C2CCN(Cc3ccoc3)CC2)cc1)C(C)C. The largest absolute Gasteiger partial charge is 0.472 e. The number of rotatable bonds is 9. The van der Waals surface area contributed by atoms with E-state index < -0.39 is 11.7 Å². The normalized spacial score (nSPS) is 14.6. The summed E-state index contributed by atoms with van der Waals surface area (Å²) in [5.74, 6) is -1.10. The third-order valence-corrected chi connectivity index (χ3v) is 6.99. The number of benzene rings is 2. The van der Waals surface area contributed by atoms with E-state index in [1.165, 1.54) is 12.1 Å². The van der Waals surface area contributed by atoms with Gasteiger partial charge in [-0.25, -0.2) is 4.39 Å². The first-order valence-corrected chi connectivity index (χ1v) is 13.3. The van der Waals surface area contributed by atoms with E-state index in [4.69, 9.17) is 4.42 Å². The molecule has 1 N–H and O–H groups in total. The highest BCUT2D eigenvalue weighted by molar-refractivity contribution is 5.96. The number of carbonyl (C=O) groups excluding carboxylic acids is 2. The predicted molar refractivity (Wildman–Crippen MR) is 146 cm³/mol. The van der Waals surface area contributed by atoms with Crippen molar-refractivity contribution in [2.45, 2.75) is 65.2 Å². The van der Waals surface area contributed by atoms with Gasteiger partial charge in [0.05, 0.1) is 29.8 Å². The summed E-state index contributed by atoms with van der Waals surface area (Å²) in [5.41, 5.74) is 5.42. The number of hydrogen-bond acceptors (Lipinski definition) is 5. The molecule has 38 heavy (non-hydrogen) atoms. The Morgan fingerprint density at radius 1 is 1.00 bits per heavy atom. The number of amides is 2. The van der Waals surface area contributed by atoms with Gasteiger partial charge in [-0.3, -0.25) is 24.9 Å². The maximum Gasteiger partial charge on any atom is 0.272 e. The number of halogens is 1. The molecule has 2 heterocycles. The molecule has 0 radical (unpaired) electrons. The van der Waals surface area contributed by atoms with Crippen LogP contribution in [0, 0.1) is 5.82 Å². The second kappa shape index (κ2) is 12.3. The number of hydrogen-bond donors (Lipinski definition) is 1. The number of nitrogens with zero attached hydrogens (tertiary/aromatic N) is 3. The molecule has 0 atom stereocenters. The van der Waals surface area contributed by atoms with E-state index >= 15 is 0 Å². The molecule has 0 aliphatic carbocycles. The van der Waals surface area contributed by atoms with Gasteiger partial charge in [-0.05, 0) is 83.0 Å². The fourth-order valence-corrected chi connectivity index (χ4v) is 5.14. The zero-order valence-corrected chi connectivity index (χ0v) is 22.6. The lowest BCUT2D eigenvalue weighted by molar-refractivity contribution is 0.0643. The zero-order chi connectivity index (χ0) is 27.2. The van der Waals surface area contributed by atoms with Crippen molar-refractivity contribution >= 4 is 17.5 Å². The first-order valence-electron chi connectivity index (χ1n) is 13.3. The smallest absolute Gasteiger partial charge is 0.272 e. The molecule has 2 amide bonds. The molecule has 0 saturated carbocycles. The van der Waals surface area contributed by atoms with Gasteiger partial charge >= 0.3 is 0 Å². The molecule has 0 bridgehead atoms. The molecule has 3 aromatic rings. The van der Waals surface area contributed by atoms with E-state index in [0.717, 1.165) is 43.7 Å². The molecule has 1 aliphatic heterocycles. The monoisotopic (exact) mass is 520 g/mol. The molecule has 2 aromatic carbocycles. The van der Waals surface area contributed by atoms with Crippen LogP contribution in [0.2, 0.25) is 0 Å². The number of nitrogens with one attached hydrogen (secondary N) is 1. The molecule has 0 spiro atoms. The van der Waals surface area contributed by atoms with Gasteiger partial charge in [0.15, 0.2) is 0 Å². The average molecular weight is 521 g/mol. The summed E-state index contributed by atoms with van der Waals surface area (Å²) in [6.07, 6.45) is 5.06. The number of furan rings is 1. The Morgan fingerprint density at radius 2 is 1.66 bits per heavy atom. The highest BCUT2D eigenvalue weighted by atomic mass is 19.1. The van der Waals surface area contributed by atoms with Gasteiger partial charge in [0.2, 0.25) is 0 Å². The predicted octanol–water partition coefficient (Wildman–Crippen LogP) is 5.49. The summed E-state index contributed by atoms with van der Waals surface area (Å²) in [5, 5.41) is 1.83. The quantitative estimate of drug-likeness (QED) is 0.378. The van der Waals surface area contributed by atoms with Gasteiger partial charge in [0.1, 0.15) is 5.82 Å². The van der Waals surface area contributed by atoms with Gasteiger partial charge in [0.25, 0.3) is 11.8 Å². The highest BCUT2D eigenvalue weighted by Gasteiger charge is 2.28. The molecular formula is C30H37FN4O3. The van der Waals surface area contributed by atoms with Crippen molar-refractivity contribution in [2.24, 2.45) is 0 Å². The molecule has 4 rings (SSSR count). The van der Waals surface area contributed by atoms with E-state index in [1.54, 1.807) is 36.8 Å². The molecule has 1 fully saturated rings. The minimum atomic E-state index is -0.566. The highest BCUT2D eigenvalue weighted by Crippen LogP contribution is 2.25. The van der Waals surface area contributed by atoms with Crippen LogP contribution in [0.3, 0.4) is 0 Å². The minimum absolute atomic E-state index is 0.00815. The minimum Gasteiger partial charge on any atom is -0.472 e. The van der Waals surface area contributed by atoms with Crippen molar-refractivity contribution < 1.29 is 18.4 Å². The molecule has 8 heteroatoms. The van der Waals surface area contributed by atoms with Crippen molar-refractivity contribution in [3.05, 3.63) is 89.6 Å². The van der Waals surface area contributed by atoms with Crippen molar-refractivity contribution in [1.82, 2.24) is 15.2 Å². The Bertz CT molecular complexity index is 1190. The fraction of sp³-hybridized carbons (Fsp3) is 0.400. The molecule has 1 aromatic heterocycles. The Kier molecular flexibility index (Phi) is 8.84. The van der Waals surface area contributed by atoms with Gasteiger partial charge in [-0.1, -0.05) is 12.1 Å². The number of carbonyl (C=O) groups is 2. The van der Waals surface area contributed by atoms with Crippen LogP contribution in [0.1, 0.15) is 66.8 Å². The number of likely N-dealkylation sites (tertiary alicyclic amines) is 1. The summed E-state index contributed by atoms with van der Waals surface area (Å²) < 4.78 is 19.6. The van der Waals surface area contributed by atoms with E-state index in [2.05, 4.69) is 10.3 Å². The Morgan fingerprint density at radius 3 is 2.24 bits per heavy atom. The van der Waals surface area contributed by atoms with E-state index in [-0.39, 0.29) is 29.6 Å². The fourth-order valence-electron chi connectivity index (χ4n) is 5.14. The summed E-state index contributed by atoms with van der Waals surface area (Å²) in [6.45, 7) is 10.5. The molecule has 202 valence electrons. The number of piperidine rings is 1. The molecule has 7 nitrogen and oxygen atoms in total. The van der Waals surface area contributed by atoms with Crippen LogP contribution in [-0.4, -0.2) is 52.8 Å². The lowest BCUT2D eigenvalue weighted by atomic mass is 10.0. The first-order chi connectivity index (χ1) is 18.2. The van der Waals surface area contributed by atoms with Gasteiger partial charge in [-0.15, -0.1) is 0 Å². The van der Waals surface area contributed by atoms with Crippen molar-refractivity contribution in [2.75, 3.05) is 18.1 Å². The van der Waals surface area contributed by atoms with Crippen molar-refractivity contribution in [3.8, 4) is 0 Å². The average Bonchev–Trinajstić information content (AvgIpc) is 3.41. The van der Waals surface area contributed by atoms with Crippen molar-refractivity contribution in [1.29, 1.82) is 0 Å². The lowest BCUT2D eigenvalue weighted by Gasteiger charge is -2.39. The summed E-state index contributed by atoms with van der Waals surface area (Å²) in [6, 6.07) is 15.4.